The monoisotopic (exact) mass is 307 g/mol. The summed E-state index contributed by atoms with van der Waals surface area (Å²) in [4.78, 5) is 9.36. The molecule has 1 unspecified atom stereocenters. The Morgan fingerprint density at radius 3 is 2.70 bits per heavy atom. The molecule has 0 radical (unpaired) electrons. The summed E-state index contributed by atoms with van der Waals surface area (Å²) in [5, 5.41) is 4.90. The van der Waals surface area contributed by atoms with Crippen LogP contribution in [0.1, 0.15) is 31.9 Å². The molecule has 5 heteroatoms. The predicted molar refractivity (Wildman–Crippen MR) is 84.3 cm³/mol. The van der Waals surface area contributed by atoms with Gasteiger partial charge in [-0.1, -0.05) is 24.6 Å². The van der Waals surface area contributed by atoms with Gasteiger partial charge in [0.25, 0.3) is 0 Å². The third-order valence-electron chi connectivity index (χ3n) is 2.90. The maximum absolute atomic E-state index is 6.35. The van der Waals surface area contributed by atoms with Gasteiger partial charge >= 0.3 is 0 Å². The lowest BCUT2D eigenvalue weighted by molar-refractivity contribution is 0.570. The van der Waals surface area contributed by atoms with Gasteiger partial charge in [-0.05, 0) is 55.4 Å². The van der Waals surface area contributed by atoms with Crippen LogP contribution in [-0.2, 0) is 0 Å². The van der Waals surface area contributed by atoms with Crippen LogP contribution in [0.2, 0.25) is 5.02 Å². The van der Waals surface area contributed by atoms with Crippen molar-refractivity contribution in [3.8, 4) is 0 Å². The summed E-state index contributed by atoms with van der Waals surface area (Å²) in [5.74, 6) is 0. The smallest absolute Gasteiger partial charge is 0.192 e. The highest BCUT2D eigenvalue weighted by Gasteiger charge is 2.09. The van der Waals surface area contributed by atoms with Crippen molar-refractivity contribution in [2.24, 2.45) is 0 Å². The van der Waals surface area contributed by atoms with Crippen LogP contribution < -0.4 is 5.32 Å². The first-order valence-corrected chi connectivity index (χ1v) is 7.88. The van der Waals surface area contributed by atoms with Gasteiger partial charge in [-0.3, -0.25) is 0 Å². The molecule has 2 aromatic rings. The molecule has 0 saturated carbocycles. The lowest BCUT2D eigenvalue weighted by Crippen LogP contribution is -2.19. The van der Waals surface area contributed by atoms with Gasteiger partial charge in [-0.25, -0.2) is 9.97 Å². The van der Waals surface area contributed by atoms with Crippen molar-refractivity contribution in [2.45, 2.75) is 36.4 Å². The van der Waals surface area contributed by atoms with Crippen molar-refractivity contribution < 1.29 is 0 Å². The van der Waals surface area contributed by atoms with Crippen molar-refractivity contribution in [3.05, 3.63) is 47.2 Å². The van der Waals surface area contributed by atoms with Crippen LogP contribution in [-0.4, -0.2) is 16.5 Å². The molecule has 106 valence electrons. The number of halogens is 1. The zero-order valence-electron chi connectivity index (χ0n) is 11.6. The van der Waals surface area contributed by atoms with Crippen molar-refractivity contribution >= 4 is 23.4 Å². The second kappa shape index (κ2) is 7.62. The van der Waals surface area contributed by atoms with Crippen LogP contribution >= 0.6 is 23.4 Å². The minimum atomic E-state index is 0.305. The van der Waals surface area contributed by atoms with Gasteiger partial charge in [0, 0.05) is 23.3 Å². The Labute approximate surface area is 129 Å². The Kier molecular flexibility index (Phi) is 5.83. The van der Waals surface area contributed by atoms with E-state index in [4.69, 9.17) is 11.6 Å². The summed E-state index contributed by atoms with van der Waals surface area (Å²) in [6, 6.07) is 8.25. The Bertz CT molecular complexity index is 548. The highest BCUT2D eigenvalue weighted by Crippen LogP contribution is 2.32. The zero-order valence-corrected chi connectivity index (χ0v) is 13.2. The highest BCUT2D eigenvalue weighted by atomic mass is 35.5. The van der Waals surface area contributed by atoms with Crippen LogP contribution in [0, 0.1) is 0 Å². The number of hydrogen-bond donors (Lipinski definition) is 1. The lowest BCUT2D eigenvalue weighted by atomic mass is 10.1. The van der Waals surface area contributed by atoms with Crippen LogP contribution in [0.4, 0.5) is 0 Å². The standard InChI is InChI=1S/C15H18ClN3S/c1-3-7-17-11(2)12-5-6-14(13(16)10-12)20-15-18-8-4-9-19-15/h4-6,8-11,17H,3,7H2,1-2H3. The number of nitrogens with one attached hydrogen (secondary N) is 1. The molecular weight excluding hydrogens is 290 g/mol. The molecule has 0 spiro atoms. The van der Waals surface area contributed by atoms with E-state index in [-0.39, 0.29) is 0 Å². The second-order valence-corrected chi connectivity index (χ2v) is 5.92. The van der Waals surface area contributed by atoms with Crippen LogP contribution in [0.15, 0.2) is 46.7 Å². The Morgan fingerprint density at radius 2 is 2.05 bits per heavy atom. The SMILES string of the molecule is CCCNC(C)c1ccc(Sc2ncccn2)c(Cl)c1. The molecule has 0 aliphatic heterocycles. The number of aromatic nitrogens is 2. The Morgan fingerprint density at radius 1 is 1.30 bits per heavy atom. The van der Waals surface area contributed by atoms with Crippen LogP contribution in [0.3, 0.4) is 0 Å². The van der Waals surface area contributed by atoms with Crippen molar-refractivity contribution in [3.63, 3.8) is 0 Å². The normalized spacial score (nSPS) is 12.3. The van der Waals surface area contributed by atoms with Gasteiger partial charge in [0.05, 0.1) is 5.02 Å². The summed E-state index contributed by atoms with van der Waals surface area (Å²) in [6.07, 6.45) is 4.58. The van der Waals surface area contributed by atoms with Gasteiger partial charge in [-0.2, -0.15) is 0 Å². The first-order valence-electron chi connectivity index (χ1n) is 6.68. The first kappa shape index (κ1) is 15.3. The number of benzene rings is 1. The van der Waals surface area contributed by atoms with E-state index in [1.807, 2.05) is 12.1 Å². The van der Waals surface area contributed by atoms with E-state index in [0.717, 1.165) is 22.9 Å². The fourth-order valence-electron chi connectivity index (χ4n) is 1.78. The van der Waals surface area contributed by atoms with Crippen molar-refractivity contribution in [1.82, 2.24) is 15.3 Å². The third-order valence-corrected chi connectivity index (χ3v) is 4.29. The van der Waals surface area contributed by atoms with Crippen LogP contribution in [0.25, 0.3) is 0 Å². The summed E-state index contributed by atoms with van der Waals surface area (Å²) in [5.41, 5.74) is 1.20. The maximum Gasteiger partial charge on any atom is 0.192 e. The molecule has 1 heterocycles. The molecule has 1 aromatic heterocycles. The van der Waals surface area contributed by atoms with Crippen LogP contribution in [0.5, 0.6) is 0 Å². The fourth-order valence-corrected chi connectivity index (χ4v) is 2.81. The van der Waals surface area contributed by atoms with Gasteiger partial charge in [0.15, 0.2) is 5.16 Å². The average Bonchev–Trinajstić information content (AvgIpc) is 2.48. The van der Waals surface area contributed by atoms with E-state index in [1.165, 1.54) is 17.3 Å². The van der Waals surface area contributed by atoms with Gasteiger partial charge in [0.1, 0.15) is 0 Å². The molecule has 1 aromatic carbocycles. The fraction of sp³-hybridized carbons (Fsp3) is 0.333. The van der Waals surface area contributed by atoms with Crippen molar-refractivity contribution in [2.75, 3.05) is 6.54 Å². The van der Waals surface area contributed by atoms with E-state index in [2.05, 4.69) is 35.2 Å². The molecule has 1 atom stereocenters. The number of hydrogen-bond acceptors (Lipinski definition) is 4. The molecule has 0 saturated heterocycles. The molecule has 20 heavy (non-hydrogen) atoms. The molecule has 2 rings (SSSR count). The zero-order chi connectivity index (χ0) is 14.4. The average molecular weight is 308 g/mol. The summed E-state index contributed by atoms with van der Waals surface area (Å²) in [6.45, 7) is 5.31. The molecule has 3 nitrogen and oxygen atoms in total. The summed E-state index contributed by atoms with van der Waals surface area (Å²) >= 11 is 7.83. The van der Waals surface area contributed by atoms with E-state index in [0.29, 0.717) is 11.2 Å². The van der Waals surface area contributed by atoms with Gasteiger partial charge < -0.3 is 5.32 Å². The Balaban J connectivity index is 2.10. The Hall–Kier alpha value is -1.10. The molecule has 1 N–H and O–H groups in total. The molecule has 0 amide bonds. The van der Waals surface area contributed by atoms with E-state index < -0.39 is 0 Å². The van der Waals surface area contributed by atoms with Gasteiger partial charge in [-0.15, -0.1) is 0 Å². The first-order chi connectivity index (χ1) is 9.70. The molecule has 0 aliphatic carbocycles. The van der Waals surface area contributed by atoms with Gasteiger partial charge in [0.2, 0.25) is 0 Å². The van der Waals surface area contributed by atoms with E-state index in [9.17, 15) is 0 Å². The number of nitrogens with zero attached hydrogens (tertiary/aromatic N) is 2. The van der Waals surface area contributed by atoms with E-state index in [1.54, 1.807) is 18.5 Å². The maximum atomic E-state index is 6.35. The number of rotatable bonds is 6. The molecule has 0 fully saturated rings. The van der Waals surface area contributed by atoms with Crippen molar-refractivity contribution in [1.29, 1.82) is 0 Å². The highest BCUT2D eigenvalue weighted by molar-refractivity contribution is 7.99. The summed E-state index contributed by atoms with van der Waals surface area (Å²) in [7, 11) is 0. The molecule has 0 bridgehead atoms. The minimum absolute atomic E-state index is 0.305. The topological polar surface area (TPSA) is 37.8 Å². The predicted octanol–water partition coefficient (Wildman–Crippen LogP) is 4.34. The largest absolute Gasteiger partial charge is 0.310 e. The summed E-state index contributed by atoms with van der Waals surface area (Å²) < 4.78 is 0. The minimum Gasteiger partial charge on any atom is -0.310 e. The van der Waals surface area contributed by atoms with E-state index >= 15 is 0 Å². The second-order valence-electron chi connectivity index (χ2n) is 4.50. The molecule has 0 aliphatic rings. The quantitative estimate of drug-likeness (QED) is 0.806. The lowest BCUT2D eigenvalue weighted by Gasteiger charge is -2.14. The third kappa shape index (κ3) is 4.20. The molecular formula is C15H18ClN3S.